The first-order valence-electron chi connectivity index (χ1n) is 10.7. The number of hydrogen-bond acceptors (Lipinski definition) is 3. The molecule has 31 heavy (non-hydrogen) atoms. The average Bonchev–Trinajstić information content (AvgIpc) is 3.13. The van der Waals surface area contributed by atoms with E-state index in [0.29, 0.717) is 23.3 Å². The topological polar surface area (TPSA) is 46.5 Å². The fourth-order valence-corrected chi connectivity index (χ4v) is 4.59. The van der Waals surface area contributed by atoms with Gasteiger partial charge in [0.2, 0.25) is 5.83 Å². The van der Waals surface area contributed by atoms with Crippen molar-refractivity contribution >= 4 is 33.5 Å². The molecule has 3 nitrogen and oxygen atoms in total. The van der Waals surface area contributed by atoms with Gasteiger partial charge in [0.25, 0.3) is 0 Å². The summed E-state index contributed by atoms with van der Waals surface area (Å²) in [7, 11) is 0. The molecule has 0 saturated heterocycles. The van der Waals surface area contributed by atoms with Crippen LogP contribution in [0.3, 0.4) is 0 Å². The lowest BCUT2D eigenvalue weighted by Gasteiger charge is -2.21. The molecule has 0 atom stereocenters. The zero-order valence-electron chi connectivity index (χ0n) is 18.7. The second-order valence-corrected chi connectivity index (χ2v) is 9.42. The van der Waals surface area contributed by atoms with Crippen molar-refractivity contribution in [3.63, 3.8) is 0 Å². The number of rotatable bonds is 8. The van der Waals surface area contributed by atoms with Crippen molar-refractivity contribution < 1.29 is 19.0 Å². The van der Waals surface area contributed by atoms with Gasteiger partial charge in [-0.2, -0.15) is 4.39 Å². The summed E-state index contributed by atoms with van der Waals surface area (Å²) in [6, 6.07) is 12.3. The standard InChI is InChI=1S/C26H29FO3S/c1-6-10-30-25-20(16(4)5)11-17(15(2)3)12-22(25)19-8-7-9-24-21(19)13-18(31-24)14-23(27)26(28)29/h7-9,11-16H,6,10H2,1-5H3,(H,28,29)/b23-14+. The summed E-state index contributed by atoms with van der Waals surface area (Å²) in [6.07, 6.45) is 1.99. The number of carboxylic acid groups (broad SMARTS) is 1. The maximum absolute atomic E-state index is 13.7. The average molecular weight is 441 g/mol. The Morgan fingerprint density at radius 2 is 1.87 bits per heavy atom. The van der Waals surface area contributed by atoms with E-state index in [9.17, 15) is 9.18 Å². The van der Waals surface area contributed by atoms with E-state index in [1.54, 1.807) is 0 Å². The van der Waals surface area contributed by atoms with Gasteiger partial charge in [-0.1, -0.05) is 52.8 Å². The zero-order valence-corrected chi connectivity index (χ0v) is 19.5. The first kappa shape index (κ1) is 23.0. The third-order valence-corrected chi connectivity index (χ3v) is 6.27. The Morgan fingerprint density at radius 3 is 2.48 bits per heavy atom. The SMILES string of the molecule is CCCOc1c(-c2cccc3sc(/C=C(/F)C(=O)O)cc23)cc(C(C)C)cc1C(C)C. The molecule has 0 fully saturated rings. The Labute approximate surface area is 187 Å². The van der Waals surface area contributed by atoms with Gasteiger partial charge in [-0.05, 0) is 59.2 Å². The summed E-state index contributed by atoms with van der Waals surface area (Å²) in [4.78, 5) is 11.5. The molecule has 0 aliphatic rings. The largest absolute Gasteiger partial charge is 0.493 e. The molecule has 0 aliphatic heterocycles. The molecule has 2 aromatic carbocycles. The first-order valence-corrected chi connectivity index (χ1v) is 11.5. The van der Waals surface area contributed by atoms with Crippen molar-refractivity contribution in [2.75, 3.05) is 6.61 Å². The fourth-order valence-electron chi connectivity index (χ4n) is 3.58. The number of ether oxygens (including phenoxy) is 1. The lowest BCUT2D eigenvalue weighted by molar-refractivity contribution is -0.134. The summed E-state index contributed by atoms with van der Waals surface area (Å²) in [5.74, 6) is -1.16. The maximum Gasteiger partial charge on any atom is 0.364 e. The fraction of sp³-hybridized carbons (Fsp3) is 0.346. The molecule has 1 N–H and O–H groups in total. The number of halogens is 1. The Bertz CT molecular complexity index is 1130. The predicted molar refractivity (Wildman–Crippen MR) is 128 cm³/mol. The van der Waals surface area contributed by atoms with Gasteiger partial charge in [-0.3, -0.25) is 0 Å². The summed E-state index contributed by atoms with van der Waals surface area (Å²) in [5.41, 5.74) is 4.46. The van der Waals surface area contributed by atoms with Crippen LogP contribution in [0.5, 0.6) is 5.75 Å². The highest BCUT2D eigenvalue weighted by Gasteiger charge is 2.20. The number of hydrogen-bond donors (Lipinski definition) is 1. The van der Waals surface area contributed by atoms with Crippen molar-refractivity contribution in [1.82, 2.24) is 0 Å². The van der Waals surface area contributed by atoms with E-state index >= 15 is 0 Å². The monoisotopic (exact) mass is 440 g/mol. The molecule has 164 valence electrons. The Kier molecular flexibility index (Phi) is 7.16. The Morgan fingerprint density at radius 1 is 1.13 bits per heavy atom. The molecular weight excluding hydrogens is 411 g/mol. The Hall–Kier alpha value is -2.66. The molecule has 1 aromatic heterocycles. The molecule has 5 heteroatoms. The molecule has 0 radical (unpaired) electrons. The summed E-state index contributed by atoms with van der Waals surface area (Å²) >= 11 is 1.38. The number of aliphatic carboxylic acids is 1. The number of carboxylic acids is 1. The van der Waals surface area contributed by atoms with Crippen LogP contribution in [0, 0.1) is 0 Å². The van der Waals surface area contributed by atoms with Crippen LogP contribution in [0.15, 0.2) is 42.2 Å². The van der Waals surface area contributed by atoms with E-state index in [4.69, 9.17) is 9.84 Å². The van der Waals surface area contributed by atoms with Gasteiger partial charge >= 0.3 is 5.97 Å². The van der Waals surface area contributed by atoms with Crippen molar-refractivity contribution in [2.45, 2.75) is 52.9 Å². The minimum Gasteiger partial charge on any atom is -0.493 e. The third kappa shape index (κ3) is 4.99. The normalized spacial score (nSPS) is 12.2. The van der Waals surface area contributed by atoms with Gasteiger partial charge in [0.1, 0.15) is 5.75 Å². The summed E-state index contributed by atoms with van der Waals surface area (Å²) in [6.45, 7) is 11.4. The summed E-state index contributed by atoms with van der Waals surface area (Å²) < 4.78 is 20.9. The van der Waals surface area contributed by atoms with E-state index in [-0.39, 0.29) is 0 Å². The lowest BCUT2D eigenvalue weighted by atomic mass is 9.88. The van der Waals surface area contributed by atoms with Crippen LogP contribution in [0.4, 0.5) is 4.39 Å². The van der Waals surface area contributed by atoms with Gasteiger partial charge in [0.05, 0.1) is 6.61 Å². The lowest BCUT2D eigenvalue weighted by Crippen LogP contribution is -2.04. The smallest absolute Gasteiger partial charge is 0.364 e. The van der Waals surface area contributed by atoms with Gasteiger partial charge in [0, 0.05) is 20.5 Å². The molecule has 0 saturated carbocycles. The van der Waals surface area contributed by atoms with Crippen LogP contribution in [0.2, 0.25) is 0 Å². The van der Waals surface area contributed by atoms with E-state index in [1.165, 1.54) is 22.5 Å². The van der Waals surface area contributed by atoms with Crippen LogP contribution >= 0.6 is 11.3 Å². The molecule has 0 amide bonds. The van der Waals surface area contributed by atoms with Crippen molar-refractivity contribution in [3.05, 3.63) is 58.2 Å². The third-order valence-electron chi connectivity index (χ3n) is 5.22. The number of fused-ring (bicyclic) bond motifs is 1. The highest BCUT2D eigenvalue weighted by Crippen LogP contribution is 2.43. The molecule has 0 spiro atoms. The molecule has 0 unspecified atom stereocenters. The minimum absolute atomic E-state index is 0.300. The molecular formula is C26H29FO3S. The first-order chi connectivity index (χ1) is 14.7. The van der Waals surface area contributed by atoms with Gasteiger partial charge < -0.3 is 9.84 Å². The van der Waals surface area contributed by atoms with E-state index < -0.39 is 11.8 Å². The van der Waals surface area contributed by atoms with Gasteiger partial charge in [0.15, 0.2) is 0 Å². The van der Waals surface area contributed by atoms with Gasteiger partial charge in [-0.25, -0.2) is 4.79 Å². The maximum atomic E-state index is 13.7. The highest BCUT2D eigenvalue weighted by molar-refractivity contribution is 7.20. The zero-order chi connectivity index (χ0) is 22.7. The predicted octanol–water partition coefficient (Wildman–Crippen LogP) is 8.00. The molecule has 0 aliphatic carbocycles. The van der Waals surface area contributed by atoms with Crippen LogP contribution in [0.1, 0.15) is 68.9 Å². The van der Waals surface area contributed by atoms with E-state index in [0.717, 1.165) is 39.5 Å². The van der Waals surface area contributed by atoms with Crippen molar-refractivity contribution in [3.8, 4) is 16.9 Å². The minimum atomic E-state index is -1.56. The second-order valence-electron chi connectivity index (χ2n) is 8.31. The van der Waals surface area contributed by atoms with Crippen molar-refractivity contribution in [2.24, 2.45) is 0 Å². The van der Waals surface area contributed by atoms with E-state index in [1.807, 2.05) is 18.2 Å². The van der Waals surface area contributed by atoms with Crippen LogP contribution in [-0.2, 0) is 4.79 Å². The molecule has 0 bridgehead atoms. The van der Waals surface area contributed by atoms with E-state index in [2.05, 4.69) is 52.8 Å². The molecule has 3 aromatic rings. The second kappa shape index (κ2) is 9.65. The number of benzene rings is 2. The van der Waals surface area contributed by atoms with Crippen LogP contribution in [-0.4, -0.2) is 17.7 Å². The number of carbonyl (C=O) groups is 1. The van der Waals surface area contributed by atoms with Crippen LogP contribution in [0.25, 0.3) is 27.3 Å². The van der Waals surface area contributed by atoms with Crippen LogP contribution < -0.4 is 4.74 Å². The molecule has 3 rings (SSSR count). The molecule has 1 heterocycles. The Balaban J connectivity index is 2.28. The van der Waals surface area contributed by atoms with Gasteiger partial charge in [-0.15, -0.1) is 11.3 Å². The number of thiophene rings is 1. The summed E-state index contributed by atoms with van der Waals surface area (Å²) in [5, 5.41) is 9.85. The quantitative estimate of drug-likeness (QED) is 0.361. The van der Waals surface area contributed by atoms with Crippen molar-refractivity contribution in [1.29, 1.82) is 0 Å². The highest BCUT2D eigenvalue weighted by atomic mass is 32.1.